The third kappa shape index (κ3) is 14.6. The quantitative estimate of drug-likeness (QED) is 0.0196. The first-order valence-corrected chi connectivity index (χ1v) is 26.8. The predicted octanol–water partition coefficient (Wildman–Crippen LogP) is -6.06. The minimum atomic E-state index is -2.51. The molecule has 28 atom stereocenters. The zero-order valence-electron chi connectivity index (χ0n) is 44.3. The van der Waals surface area contributed by atoms with Crippen LogP contribution in [-0.2, 0) is 52.2 Å². The molecule has 2 aliphatic carbocycles. The summed E-state index contributed by atoms with van der Waals surface area (Å²) in [5.74, 6) is -0.423. The Balaban J connectivity index is 1.15. The van der Waals surface area contributed by atoms with Gasteiger partial charge < -0.3 is 134 Å². The summed E-state index contributed by atoms with van der Waals surface area (Å²) in [6.07, 6.45) is -38.1. The van der Waals surface area contributed by atoms with E-state index in [0.29, 0.717) is 37.7 Å². The fourth-order valence-electron chi connectivity index (χ4n) is 11.9. The molecule has 4 aliphatic heterocycles. The first-order valence-electron chi connectivity index (χ1n) is 26.8. The molecule has 454 valence electrons. The van der Waals surface area contributed by atoms with Crippen molar-refractivity contribution in [2.75, 3.05) is 33.0 Å². The van der Waals surface area contributed by atoms with Gasteiger partial charge in [-0.25, -0.2) is 0 Å². The first-order chi connectivity index (χ1) is 36.8. The maximum atomic E-state index is 13.8. The van der Waals surface area contributed by atoms with Gasteiger partial charge in [0.25, 0.3) is 0 Å². The number of aliphatic hydroxyl groups excluding tert-OH is 16. The molecule has 2 saturated carbocycles. The Morgan fingerprint density at radius 2 is 1.15 bits per heavy atom. The monoisotopic (exact) mass is 1130 g/mol. The van der Waals surface area contributed by atoms with Crippen LogP contribution in [0.4, 0.5) is 0 Å². The summed E-state index contributed by atoms with van der Waals surface area (Å²) in [5, 5.41) is 177. The van der Waals surface area contributed by atoms with Gasteiger partial charge in [-0.3, -0.25) is 4.79 Å². The maximum Gasteiger partial charge on any atom is 0.308 e. The van der Waals surface area contributed by atoms with Crippen LogP contribution in [-0.4, -0.2) is 279 Å². The van der Waals surface area contributed by atoms with Gasteiger partial charge in [0.1, 0.15) is 97.7 Å². The number of aliphatic hydroxyl groups is 17. The van der Waals surface area contributed by atoms with Crippen molar-refractivity contribution < 1.29 is 139 Å². The predicted molar refractivity (Wildman–Crippen MR) is 258 cm³/mol. The Bertz CT molecular complexity index is 1870. The van der Waals surface area contributed by atoms with E-state index in [4.69, 9.17) is 47.4 Å². The fraction of sp³-hybridized carbons (Fsp3) is 0.940. The zero-order valence-corrected chi connectivity index (χ0v) is 44.3. The minimum Gasteiger partial charge on any atom is -0.433 e. The standard InChI is InChI=1S/C50H86O28/c1-20-10-12-49(4)14-21(2)50(5,78-47-41(37(64)33(60)28(18-54)73-47)76-44-38(65)35(62)31(58)26(16-52)70-44)13-11-24(49)23(20)8-6-7-9-30(57)74-46-42(77-45-39(66)36(63)32(59)27(17-53)71-45)40(34(61)29(19-55)72-46)75-48(43(67)68)69-25(15-51)22(3)56/h20,22-29,31-48,51-56,58-68H,2,6-19H2,1,3-5H3/t20?,22?,23?,24-,25?,26?,27?,28?,29?,31?,32?,33?,34?,35?,36?,37?,38?,39?,40?,41?,42?,44?,45?,46?,47?,48?,49+,50+/m0/s1. The van der Waals surface area contributed by atoms with Crippen LogP contribution in [0.3, 0.4) is 0 Å². The summed E-state index contributed by atoms with van der Waals surface area (Å²) in [5.41, 5.74) is -0.760. The summed E-state index contributed by atoms with van der Waals surface area (Å²) >= 11 is 0. The number of carbonyl (C=O) groups excluding carboxylic acids is 1. The van der Waals surface area contributed by atoms with E-state index in [2.05, 4.69) is 20.4 Å². The van der Waals surface area contributed by atoms with Gasteiger partial charge in [-0.2, -0.15) is 0 Å². The number of ether oxygens (including phenoxy) is 10. The molecule has 17 N–H and O–H groups in total. The Kier molecular flexibility index (Phi) is 23.6. The van der Waals surface area contributed by atoms with Gasteiger partial charge in [-0.15, -0.1) is 0 Å². The molecular formula is C50H86O28. The van der Waals surface area contributed by atoms with E-state index in [0.717, 1.165) is 12.8 Å². The molecule has 28 heteroatoms. The Morgan fingerprint density at radius 3 is 1.68 bits per heavy atom. The normalized spacial score (nSPS) is 45.8. The van der Waals surface area contributed by atoms with Gasteiger partial charge in [0.2, 0.25) is 18.9 Å². The lowest BCUT2D eigenvalue weighted by Crippen LogP contribution is -2.66. The number of esters is 1. The Labute approximate surface area is 451 Å². The van der Waals surface area contributed by atoms with Crippen molar-refractivity contribution in [3.8, 4) is 0 Å². The lowest BCUT2D eigenvalue weighted by atomic mass is 9.56. The Hall–Kier alpha value is -1.83. The number of hydrogen-bond acceptors (Lipinski definition) is 28. The Morgan fingerprint density at radius 1 is 0.641 bits per heavy atom. The zero-order chi connectivity index (χ0) is 57.7. The van der Waals surface area contributed by atoms with Crippen LogP contribution in [0.25, 0.3) is 0 Å². The molecule has 6 fully saturated rings. The molecule has 25 unspecified atom stereocenters. The van der Waals surface area contributed by atoms with Gasteiger partial charge in [0.05, 0.1) is 44.7 Å². The minimum absolute atomic E-state index is 0.0923. The number of unbranched alkanes of at least 4 members (excludes halogenated alkanes) is 1. The summed E-state index contributed by atoms with van der Waals surface area (Å²) in [4.78, 5) is 13.8. The lowest BCUT2D eigenvalue weighted by molar-refractivity contribution is -0.386. The SMILES string of the molecule is C=C1C[C@@]2(C)CCC(C)C(CCCCC(=O)OC3OC(CO)C(O)C(OC(OC(CO)C(C)O)C(O)O)C3OC3OC(CO)C(O)C(O)C3O)[C@@H]2CC[C@@]1(C)OC1OC(CO)C(O)C(O)C1OC1OC(CO)C(O)C(O)C1O. The van der Waals surface area contributed by atoms with Crippen LogP contribution in [0.1, 0.15) is 85.5 Å². The van der Waals surface area contributed by atoms with Crippen LogP contribution < -0.4 is 0 Å². The highest BCUT2D eigenvalue weighted by atomic mass is 16.8. The molecule has 78 heavy (non-hydrogen) atoms. The summed E-state index contributed by atoms with van der Waals surface area (Å²) < 4.78 is 58.3. The summed E-state index contributed by atoms with van der Waals surface area (Å²) in [7, 11) is 0. The van der Waals surface area contributed by atoms with Crippen molar-refractivity contribution in [3.05, 3.63) is 12.2 Å². The van der Waals surface area contributed by atoms with E-state index in [-0.39, 0.29) is 36.0 Å². The van der Waals surface area contributed by atoms with Crippen LogP contribution in [0, 0.1) is 23.2 Å². The molecule has 4 saturated heterocycles. The number of carbonyl (C=O) groups is 1. The molecule has 4 heterocycles. The highest BCUT2D eigenvalue weighted by Gasteiger charge is 2.57. The molecule has 0 bridgehead atoms. The van der Waals surface area contributed by atoms with Gasteiger partial charge in [-0.05, 0) is 87.5 Å². The van der Waals surface area contributed by atoms with Crippen molar-refractivity contribution in [1.82, 2.24) is 0 Å². The molecule has 0 aromatic heterocycles. The van der Waals surface area contributed by atoms with Crippen LogP contribution in [0.15, 0.2) is 12.2 Å². The molecule has 0 aromatic carbocycles. The van der Waals surface area contributed by atoms with Crippen LogP contribution in [0.2, 0.25) is 0 Å². The molecule has 0 amide bonds. The number of fused-ring (bicyclic) bond motifs is 1. The smallest absolute Gasteiger partial charge is 0.308 e. The van der Waals surface area contributed by atoms with Crippen molar-refractivity contribution >= 4 is 5.97 Å². The molecular weight excluding hydrogens is 1050 g/mol. The van der Waals surface area contributed by atoms with Crippen molar-refractivity contribution in [2.24, 2.45) is 23.2 Å². The van der Waals surface area contributed by atoms with Gasteiger partial charge in [-0.1, -0.05) is 26.8 Å². The molecule has 6 rings (SSSR count). The summed E-state index contributed by atoms with van der Waals surface area (Å²) in [6, 6.07) is 0. The molecule has 28 nitrogen and oxygen atoms in total. The highest BCUT2D eigenvalue weighted by molar-refractivity contribution is 5.69. The van der Waals surface area contributed by atoms with Gasteiger partial charge in [0.15, 0.2) is 25.0 Å². The number of rotatable bonds is 23. The van der Waals surface area contributed by atoms with E-state index >= 15 is 0 Å². The van der Waals surface area contributed by atoms with Crippen LogP contribution in [0.5, 0.6) is 0 Å². The molecule has 0 spiro atoms. The molecule has 6 aliphatic rings. The maximum absolute atomic E-state index is 13.8. The third-order valence-electron chi connectivity index (χ3n) is 16.9. The van der Waals surface area contributed by atoms with Gasteiger partial charge >= 0.3 is 5.97 Å². The summed E-state index contributed by atoms with van der Waals surface area (Å²) in [6.45, 7) is 7.73. The average molecular weight is 1140 g/mol. The van der Waals surface area contributed by atoms with E-state index in [1.807, 2.05) is 0 Å². The van der Waals surface area contributed by atoms with Gasteiger partial charge in [0, 0.05) is 6.42 Å². The lowest BCUT2D eigenvalue weighted by Gasteiger charge is -2.49. The van der Waals surface area contributed by atoms with Crippen LogP contribution >= 0.6 is 0 Å². The fourth-order valence-corrected chi connectivity index (χ4v) is 11.9. The second kappa shape index (κ2) is 28.2. The van der Waals surface area contributed by atoms with E-state index in [9.17, 15) is 91.6 Å². The first kappa shape index (κ1) is 65.3. The third-order valence-corrected chi connectivity index (χ3v) is 16.9. The number of hydrogen-bond donors (Lipinski definition) is 17. The van der Waals surface area contributed by atoms with E-state index < -0.39 is 192 Å². The van der Waals surface area contributed by atoms with E-state index in [1.165, 1.54) is 6.92 Å². The topological polar surface area (TPSA) is 453 Å². The average Bonchev–Trinajstić information content (AvgIpc) is 3.59. The van der Waals surface area contributed by atoms with Crippen molar-refractivity contribution in [2.45, 2.75) is 239 Å². The van der Waals surface area contributed by atoms with Crippen molar-refractivity contribution in [1.29, 1.82) is 0 Å². The second-order valence-electron chi connectivity index (χ2n) is 22.3. The largest absolute Gasteiger partial charge is 0.433 e. The second-order valence-corrected chi connectivity index (χ2v) is 22.3. The molecule has 0 aromatic rings. The van der Waals surface area contributed by atoms with Crippen molar-refractivity contribution in [3.63, 3.8) is 0 Å². The molecule has 0 radical (unpaired) electrons. The highest BCUT2D eigenvalue weighted by Crippen LogP contribution is 2.57. The van der Waals surface area contributed by atoms with E-state index in [1.54, 1.807) is 6.92 Å².